The second-order valence-electron chi connectivity index (χ2n) is 10.2. The smallest absolute Gasteiger partial charge is 0.253 e. The molecule has 4 heterocycles. The van der Waals surface area contributed by atoms with E-state index < -0.39 is 11.6 Å². The topological polar surface area (TPSA) is 89.3 Å². The van der Waals surface area contributed by atoms with Gasteiger partial charge in [0, 0.05) is 51.4 Å². The lowest BCUT2D eigenvalue weighted by molar-refractivity contribution is 0.0827. The van der Waals surface area contributed by atoms with Crippen LogP contribution in [0.3, 0.4) is 0 Å². The van der Waals surface area contributed by atoms with Crippen molar-refractivity contribution in [3.8, 4) is 5.75 Å². The number of anilines is 1. The highest BCUT2D eigenvalue weighted by atomic mass is 19.1. The van der Waals surface area contributed by atoms with E-state index in [0.717, 1.165) is 12.8 Å². The molecule has 1 aliphatic heterocycles. The van der Waals surface area contributed by atoms with E-state index in [9.17, 15) is 9.18 Å². The number of rotatable bonds is 7. The van der Waals surface area contributed by atoms with Gasteiger partial charge in [0.15, 0.2) is 11.6 Å². The SMILES string of the molecule is CC(C)Oc1cnc(N2CCC(n3cc(F)c4c(Cc5ccc(C(=O)N(C)C)cc5F)ncnc43)CC2)nc1. The Hall–Kier alpha value is -4.15. The lowest BCUT2D eigenvalue weighted by atomic mass is 10.0. The number of carbonyl (C=O) groups is 1. The minimum atomic E-state index is -0.535. The Morgan fingerprint density at radius 3 is 2.44 bits per heavy atom. The van der Waals surface area contributed by atoms with Crippen LogP contribution in [0.1, 0.15) is 54.3 Å². The van der Waals surface area contributed by atoms with E-state index >= 15 is 4.39 Å². The van der Waals surface area contributed by atoms with Crippen LogP contribution in [0.5, 0.6) is 5.75 Å². The van der Waals surface area contributed by atoms with Crippen LogP contribution in [0.4, 0.5) is 14.7 Å². The Bertz CT molecular complexity index is 1480. The van der Waals surface area contributed by atoms with Gasteiger partial charge in [-0.05, 0) is 44.4 Å². The van der Waals surface area contributed by atoms with Crippen LogP contribution < -0.4 is 9.64 Å². The summed E-state index contributed by atoms with van der Waals surface area (Å²) in [6, 6.07) is 4.37. The first-order valence-corrected chi connectivity index (χ1v) is 12.9. The number of nitrogens with zero attached hydrogens (tertiary/aromatic N) is 7. The molecule has 204 valence electrons. The summed E-state index contributed by atoms with van der Waals surface area (Å²) in [7, 11) is 3.22. The van der Waals surface area contributed by atoms with Gasteiger partial charge in [0.25, 0.3) is 5.91 Å². The summed E-state index contributed by atoms with van der Waals surface area (Å²) in [5.41, 5.74) is 1.47. The van der Waals surface area contributed by atoms with Gasteiger partial charge in [0.1, 0.15) is 17.8 Å². The van der Waals surface area contributed by atoms with E-state index in [1.54, 1.807) is 38.6 Å². The largest absolute Gasteiger partial charge is 0.488 e. The zero-order chi connectivity index (χ0) is 27.7. The molecule has 0 radical (unpaired) electrons. The molecule has 0 N–H and O–H groups in total. The van der Waals surface area contributed by atoms with Crippen molar-refractivity contribution in [3.05, 3.63) is 71.6 Å². The number of hydrogen-bond acceptors (Lipinski definition) is 7. The number of halogens is 2. The molecule has 1 amide bonds. The predicted molar refractivity (Wildman–Crippen MR) is 143 cm³/mol. The Labute approximate surface area is 225 Å². The summed E-state index contributed by atoms with van der Waals surface area (Å²) in [6.07, 6.45) is 7.85. The number of piperidine rings is 1. The van der Waals surface area contributed by atoms with Gasteiger partial charge in [0.05, 0.1) is 29.6 Å². The summed E-state index contributed by atoms with van der Waals surface area (Å²) in [5.74, 6) is 0.00621. The van der Waals surface area contributed by atoms with Crippen LogP contribution in [0, 0.1) is 11.6 Å². The van der Waals surface area contributed by atoms with Gasteiger partial charge in [0.2, 0.25) is 5.95 Å². The lowest BCUT2D eigenvalue weighted by Crippen LogP contribution is -2.35. The predicted octanol–water partition coefficient (Wildman–Crippen LogP) is 4.42. The van der Waals surface area contributed by atoms with Gasteiger partial charge in [-0.15, -0.1) is 0 Å². The van der Waals surface area contributed by atoms with Crippen molar-refractivity contribution < 1.29 is 18.3 Å². The van der Waals surface area contributed by atoms with E-state index in [2.05, 4.69) is 24.8 Å². The molecule has 9 nitrogen and oxygen atoms in total. The van der Waals surface area contributed by atoms with Crippen LogP contribution >= 0.6 is 0 Å². The van der Waals surface area contributed by atoms with Gasteiger partial charge < -0.3 is 19.1 Å². The molecular formula is C28H31F2N7O2. The fourth-order valence-electron chi connectivity index (χ4n) is 4.92. The van der Waals surface area contributed by atoms with Crippen molar-refractivity contribution in [3.63, 3.8) is 0 Å². The lowest BCUT2D eigenvalue weighted by Gasteiger charge is -2.32. The number of carbonyl (C=O) groups excluding carboxylic acids is 1. The molecule has 39 heavy (non-hydrogen) atoms. The maximum absolute atomic E-state index is 15.3. The second kappa shape index (κ2) is 10.9. The van der Waals surface area contributed by atoms with Crippen LogP contribution in [0.15, 0.2) is 43.1 Å². The molecule has 3 aromatic heterocycles. The van der Waals surface area contributed by atoms with Crippen molar-refractivity contribution in [2.45, 2.75) is 45.3 Å². The van der Waals surface area contributed by atoms with Crippen LogP contribution in [0.25, 0.3) is 11.0 Å². The number of aromatic nitrogens is 5. The van der Waals surface area contributed by atoms with Gasteiger partial charge in [-0.25, -0.2) is 28.7 Å². The highest BCUT2D eigenvalue weighted by Gasteiger charge is 2.26. The number of hydrogen-bond donors (Lipinski definition) is 0. The zero-order valence-electron chi connectivity index (χ0n) is 22.4. The molecule has 1 fully saturated rings. The van der Waals surface area contributed by atoms with Gasteiger partial charge in [-0.1, -0.05) is 6.07 Å². The van der Waals surface area contributed by atoms with E-state index in [1.807, 2.05) is 18.4 Å². The summed E-state index contributed by atoms with van der Waals surface area (Å²) < 4.78 is 37.6. The normalized spacial score (nSPS) is 14.3. The van der Waals surface area contributed by atoms with Crippen LogP contribution in [-0.4, -0.2) is 68.6 Å². The third-order valence-electron chi connectivity index (χ3n) is 6.83. The fraction of sp³-hybridized carbons (Fsp3) is 0.393. The number of amides is 1. The van der Waals surface area contributed by atoms with Crippen molar-refractivity contribution in [2.75, 3.05) is 32.1 Å². The van der Waals surface area contributed by atoms with Crippen molar-refractivity contribution >= 4 is 22.9 Å². The molecule has 0 saturated carbocycles. The van der Waals surface area contributed by atoms with Crippen molar-refractivity contribution in [1.29, 1.82) is 0 Å². The second-order valence-corrected chi connectivity index (χ2v) is 10.2. The average Bonchev–Trinajstić information content (AvgIpc) is 3.26. The van der Waals surface area contributed by atoms with Gasteiger partial charge >= 0.3 is 0 Å². The third kappa shape index (κ3) is 5.52. The van der Waals surface area contributed by atoms with Gasteiger partial charge in [-0.2, -0.15) is 0 Å². The summed E-state index contributed by atoms with van der Waals surface area (Å²) in [6.45, 7) is 5.31. The van der Waals surface area contributed by atoms with Crippen molar-refractivity contribution in [2.24, 2.45) is 0 Å². The molecule has 0 unspecified atom stereocenters. The molecule has 4 aromatic rings. The number of benzene rings is 1. The van der Waals surface area contributed by atoms with Crippen LogP contribution in [0.2, 0.25) is 0 Å². The average molecular weight is 536 g/mol. The maximum Gasteiger partial charge on any atom is 0.253 e. The standard InChI is InChI=1S/C28H31F2N7O2/c1-17(2)39-21-13-31-28(32-14-21)36-9-7-20(8-10-36)37-15-23(30)25-24(33-16-34-26(25)37)12-18-5-6-19(11-22(18)29)27(38)35(3)4/h5-6,11,13-17,20H,7-10,12H2,1-4H3. The monoisotopic (exact) mass is 535 g/mol. The summed E-state index contributed by atoms with van der Waals surface area (Å²) >= 11 is 0. The number of fused-ring (bicyclic) bond motifs is 1. The Morgan fingerprint density at radius 1 is 1.08 bits per heavy atom. The molecular weight excluding hydrogens is 504 g/mol. The van der Waals surface area contributed by atoms with E-state index in [-0.39, 0.29) is 35.4 Å². The first-order chi connectivity index (χ1) is 18.7. The zero-order valence-corrected chi connectivity index (χ0v) is 22.4. The highest BCUT2D eigenvalue weighted by Crippen LogP contribution is 2.31. The fourth-order valence-corrected chi connectivity index (χ4v) is 4.92. The third-order valence-corrected chi connectivity index (χ3v) is 6.83. The molecule has 0 spiro atoms. The Morgan fingerprint density at radius 2 is 1.79 bits per heavy atom. The molecule has 5 rings (SSSR count). The molecule has 11 heteroatoms. The first-order valence-electron chi connectivity index (χ1n) is 12.9. The van der Waals surface area contributed by atoms with E-state index in [4.69, 9.17) is 4.74 Å². The first kappa shape index (κ1) is 26.5. The maximum atomic E-state index is 15.3. The van der Waals surface area contributed by atoms with Crippen LogP contribution in [-0.2, 0) is 6.42 Å². The highest BCUT2D eigenvalue weighted by molar-refractivity contribution is 5.94. The van der Waals surface area contributed by atoms with Crippen molar-refractivity contribution in [1.82, 2.24) is 29.4 Å². The Balaban J connectivity index is 1.32. The molecule has 1 aromatic carbocycles. The molecule has 1 saturated heterocycles. The number of ether oxygens (including phenoxy) is 1. The molecule has 0 atom stereocenters. The molecule has 0 bridgehead atoms. The quantitative estimate of drug-likeness (QED) is 0.346. The minimum Gasteiger partial charge on any atom is -0.488 e. The van der Waals surface area contributed by atoms with E-state index in [1.165, 1.54) is 23.5 Å². The van der Waals surface area contributed by atoms with Gasteiger partial charge in [-0.3, -0.25) is 4.79 Å². The molecule has 0 aliphatic carbocycles. The molecule has 1 aliphatic rings. The minimum absolute atomic E-state index is 0.0348. The summed E-state index contributed by atoms with van der Waals surface area (Å²) in [4.78, 5) is 33.2. The van der Waals surface area contributed by atoms with E-state index in [0.29, 0.717) is 41.7 Å². The Kier molecular flexibility index (Phi) is 7.40. The summed E-state index contributed by atoms with van der Waals surface area (Å²) in [5, 5.41) is 0.289.